The Hall–Kier alpha value is -1.84. The Balaban J connectivity index is 4.80. The van der Waals surface area contributed by atoms with Gasteiger partial charge in [-0.05, 0) is 12.8 Å². The van der Waals surface area contributed by atoms with Crippen LogP contribution in [-0.4, -0.2) is 60.4 Å². The first-order chi connectivity index (χ1) is 10.8. The molecule has 0 aromatic carbocycles. The number of carbonyl (C=O) groups is 4. The maximum Gasteiger partial charge on any atom is 0.255 e. The second kappa shape index (κ2) is 10.8. The van der Waals surface area contributed by atoms with Crippen LogP contribution in [0.3, 0.4) is 0 Å². The number of hydrogen-bond donors (Lipinski definition) is 5. The van der Waals surface area contributed by atoms with Gasteiger partial charge in [0.2, 0.25) is 5.91 Å². The Morgan fingerprint density at radius 1 is 1.17 bits per heavy atom. The second-order valence-electron chi connectivity index (χ2n) is 5.37. The van der Waals surface area contributed by atoms with Crippen molar-refractivity contribution < 1.29 is 24.3 Å². The Morgan fingerprint density at radius 2 is 1.78 bits per heavy atom. The van der Waals surface area contributed by atoms with E-state index in [1.807, 2.05) is 13.8 Å². The number of hydrogen-bond acceptors (Lipinski definition) is 7. The maximum absolute atomic E-state index is 12.0. The van der Waals surface area contributed by atoms with Crippen molar-refractivity contribution in [1.82, 2.24) is 16.0 Å². The quantitative estimate of drug-likeness (QED) is 0.199. The lowest BCUT2D eigenvalue weighted by atomic mass is 10.0. The average Bonchev–Trinajstić information content (AvgIpc) is 2.54. The van der Waals surface area contributed by atoms with Crippen LogP contribution in [0.15, 0.2) is 0 Å². The number of rotatable bonds is 12. The minimum atomic E-state index is -1.22. The van der Waals surface area contributed by atoms with Gasteiger partial charge < -0.3 is 25.7 Å². The number of nitrogens with two attached hydrogens (primary N) is 1. The van der Waals surface area contributed by atoms with Gasteiger partial charge in [0.25, 0.3) is 5.91 Å². The highest BCUT2D eigenvalue weighted by Crippen LogP contribution is 2.06. The number of primary amides is 1. The van der Waals surface area contributed by atoms with Crippen LogP contribution in [0.2, 0.25) is 0 Å². The number of aldehydes is 2. The van der Waals surface area contributed by atoms with Crippen molar-refractivity contribution in [3.8, 4) is 0 Å². The van der Waals surface area contributed by atoms with Crippen molar-refractivity contribution in [3.05, 3.63) is 0 Å². The number of aliphatic hydroxyl groups excluding tert-OH is 1. The lowest BCUT2D eigenvalue weighted by Crippen LogP contribution is -2.61. The van der Waals surface area contributed by atoms with E-state index in [-0.39, 0.29) is 5.92 Å². The van der Waals surface area contributed by atoms with Gasteiger partial charge in [0.15, 0.2) is 6.17 Å². The largest absolute Gasteiger partial charge is 0.394 e. The van der Waals surface area contributed by atoms with Gasteiger partial charge in [0.1, 0.15) is 12.6 Å². The van der Waals surface area contributed by atoms with E-state index in [0.29, 0.717) is 19.0 Å². The molecule has 2 amide bonds. The average molecular weight is 330 g/mol. The topological polar surface area (TPSA) is 151 Å². The van der Waals surface area contributed by atoms with Crippen LogP contribution in [0, 0.1) is 5.92 Å². The van der Waals surface area contributed by atoms with Crippen molar-refractivity contribution in [1.29, 1.82) is 0 Å². The molecule has 23 heavy (non-hydrogen) atoms. The molecule has 5 atom stereocenters. The van der Waals surface area contributed by atoms with Crippen LogP contribution in [0.1, 0.15) is 27.2 Å². The zero-order chi connectivity index (χ0) is 18.0. The molecular formula is C14H26N4O5. The molecule has 9 nitrogen and oxygen atoms in total. The van der Waals surface area contributed by atoms with E-state index in [1.165, 1.54) is 6.92 Å². The number of carbonyl (C=O) groups excluding carboxylic acids is 4. The van der Waals surface area contributed by atoms with Gasteiger partial charge in [0, 0.05) is 0 Å². The molecule has 132 valence electrons. The van der Waals surface area contributed by atoms with Crippen molar-refractivity contribution in [2.75, 3.05) is 6.61 Å². The third-order valence-corrected chi connectivity index (χ3v) is 3.55. The van der Waals surface area contributed by atoms with E-state index < -0.39 is 42.7 Å². The Labute approximate surface area is 135 Å². The summed E-state index contributed by atoms with van der Waals surface area (Å²) in [6.07, 6.45) is 0.607. The Kier molecular flexibility index (Phi) is 9.95. The van der Waals surface area contributed by atoms with E-state index >= 15 is 0 Å². The summed E-state index contributed by atoms with van der Waals surface area (Å²) in [5.74, 6) is -1.49. The molecule has 0 aliphatic rings. The SMILES string of the molecule is CC[C@H](C)[C@@H](C=O)N[C@H](NC(=O)[C@@H](C)N[C@H](C=O)CO)C(N)=O. The highest BCUT2D eigenvalue weighted by Gasteiger charge is 2.26. The molecule has 0 saturated heterocycles. The van der Waals surface area contributed by atoms with Crippen molar-refractivity contribution in [2.45, 2.75) is 51.5 Å². The van der Waals surface area contributed by atoms with Crippen molar-refractivity contribution >= 4 is 24.4 Å². The molecule has 0 aliphatic heterocycles. The van der Waals surface area contributed by atoms with Crippen LogP contribution in [0.4, 0.5) is 0 Å². The molecule has 0 bridgehead atoms. The number of nitrogens with one attached hydrogen (secondary N) is 3. The molecule has 0 unspecified atom stereocenters. The lowest BCUT2D eigenvalue weighted by molar-refractivity contribution is -0.130. The fourth-order valence-electron chi connectivity index (χ4n) is 1.78. The molecule has 0 radical (unpaired) electrons. The van der Waals surface area contributed by atoms with Gasteiger partial charge in [-0.3, -0.25) is 20.2 Å². The van der Waals surface area contributed by atoms with E-state index in [1.54, 1.807) is 0 Å². The molecule has 6 N–H and O–H groups in total. The van der Waals surface area contributed by atoms with Crippen LogP contribution < -0.4 is 21.7 Å². The molecule has 0 fully saturated rings. The van der Waals surface area contributed by atoms with E-state index in [9.17, 15) is 19.2 Å². The summed E-state index contributed by atoms with van der Waals surface area (Å²) in [6.45, 7) is 4.72. The lowest BCUT2D eigenvalue weighted by Gasteiger charge is -2.26. The summed E-state index contributed by atoms with van der Waals surface area (Å²) in [7, 11) is 0. The van der Waals surface area contributed by atoms with Gasteiger partial charge in [-0.2, -0.15) is 0 Å². The van der Waals surface area contributed by atoms with Crippen LogP contribution in [-0.2, 0) is 19.2 Å². The van der Waals surface area contributed by atoms with Gasteiger partial charge >= 0.3 is 0 Å². The standard InChI is InChI=1S/C14H26N4O5/c1-4-8(2)11(7-21)17-13(12(15)22)18-14(23)9(3)16-10(5-19)6-20/h5,7-11,13,16-17,20H,4,6H2,1-3H3,(H2,15,22)(H,18,23)/t8-,9+,10+,11+,13+/m0/s1. The summed E-state index contributed by atoms with van der Waals surface area (Å²) in [5, 5.41) is 16.6. The fraction of sp³-hybridized carbons (Fsp3) is 0.714. The zero-order valence-corrected chi connectivity index (χ0v) is 13.6. The number of aliphatic hydroxyl groups is 1. The first kappa shape index (κ1) is 21.2. The highest BCUT2D eigenvalue weighted by atomic mass is 16.3. The summed E-state index contributed by atoms with van der Waals surface area (Å²) in [5.41, 5.74) is 5.23. The molecular weight excluding hydrogens is 304 g/mol. The van der Waals surface area contributed by atoms with Crippen molar-refractivity contribution in [2.24, 2.45) is 11.7 Å². The molecule has 9 heteroatoms. The first-order valence-corrected chi connectivity index (χ1v) is 7.43. The van der Waals surface area contributed by atoms with E-state index in [2.05, 4.69) is 16.0 Å². The third kappa shape index (κ3) is 7.31. The Bertz CT molecular complexity index is 418. The third-order valence-electron chi connectivity index (χ3n) is 3.55. The van der Waals surface area contributed by atoms with E-state index in [0.717, 1.165) is 0 Å². The first-order valence-electron chi connectivity index (χ1n) is 7.43. The molecule has 0 aromatic heterocycles. The normalized spacial score (nSPS) is 17.4. The van der Waals surface area contributed by atoms with E-state index in [4.69, 9.17) is 10.8 Å². The van der Waals surface area contributed by atoms with Gasteiger partial charge in [-0.25, -0.2) is 0 Å². The van der Waals surface area contributed by atoms with Gasteiger partial charge in [0.05, 0.1) is 24.7 Å². The molecule has 0 saturated carbocycles. The predicted octanol–water partition coefficient (Wildman–Crippen LogP) is -2.34. The smallest absolute Gasteiger partial charge is 0.255 e. The van der Waals surface area contributed by atoms with Crippen LogP contribution in [0.25, 0.3) is 0 Å². The highest BCUT2D eigenvalue weighted by molar-refractivity contribution is 5.89. The molecule has 0 aliphatic carbocycles. The molecule has 0 heterocycles. The summed E-state index contributed by atoms with van der Waals surface area (Å²) in [4.78, 5) is 45.2. The monoisotopic (exact) mass is 330 g/mol. The van der Waals surface area contributed by atoms with Gasteiger partial charge in [-0.1, -0.05) is 20.3 Å². The summed E-state index contributed by atoms with van der Waals surface area (Å²) in [6, 6.07) is -2.38. The second-order valence-corrected chi connectivity index (χ2v) is 5.37. The summed E-state index contributed by atoms with van der Waals surface area (Å²) < 4.78 is 0. The van der Waals surface area contributed by atoms with Crippen molar-refractivity contribution in [3.63, 3.8) is 0 Å². The number of amides is 2. The summed E-state index contributed by atoms with van der Waals surface area (Å²) >= 11 is 0. The minimum absolute atomic E-state index is 0.0457. The molecule has 0 rings (SSSR count). The Morgan fingerprint density at radius 3 is 2.17 bits per heavy atom. The van der Waals surface area contributed by atoms with Crippen LogP contribution >= 0.6 is 0 Å². The predicted molar refractivity (Wildman–Crippen MR) is 83.1 cm³/mol. The van der Waals surface area contributed by atoms with Gasteiger partial charge in [-0.15, -0.1) is 0 Å². The van der Waals surface area contributed by atoms with Crippen LogP contribution in [0.5, 0.6) is 0 Å². The maximum atomic E-state index is 12.0. The molecule has 0 aromatic rings. The fourth-order valence-corrected chi connectivity index (χ4v) is 1.78. The molecule has 0 spiro atoms. The minimum Gasteiger partial charge on any atom is -0.394 e. The zero-order valence-electron chi connectivity index (χ0n) is 13.6.